The Morgan fingerprint density at radius 3 is 2.68 bits per heavy atom. The molecule has 0 fully saturated rings. The zero-order valence-electron chi connectivity index (χ0n) is 9.97. The molecule has 0 aliphatic carbocycles. The Bertz CT molecular complexity index is 654. The topological polar surface area (TPSA) is 85.3 Å². The van der Waals surface area contributed by atoms with Gasteiger partial charge in [-0.2, -0.15) is 0 Å². The van der Waals surface area contributed by atoms with E-state index in [1.54, 1.807) is 24.3 Å². The highest BCUT2D eigenvalue weighted by Crippen LogP contribution is 2.23. The third kappa shape index (κ3) is 3.44. The number of nitrogens with two attached hydrogens (primary N) is 1. The summed E-state index contributed by atoms with van der Waals surface area (Å²) < 4.78 is 32.3. The van der Waals surface area contributed by atoms with Crippen molar-refractivity contribution in [2.45, 2.75) is 18.0 Å². The van der Waals surface area contributed by atoms with Crippen molar-refractivity contribution < 1.29 is 12.8 Å². The molecule has 1 aromatic heterocycles. The molecule has 7 heteroatoms. The Hall–Kier alpha value is -1.15. The zero-order chi connectivity index (χ0) is 13.9. The van der Waals surface area contributed by atoms with E-state index < -0.39 is 10.0 Å². The van der Waals surface area contributed by atoms with Gasteiger partial charge in [0.25, 0.3) is 0 Å². The molecule has 0 bridgehead atoms. The molecule has 1 aromatic carbocycles. The Kier molecular flexibility index (Phi) is 4.41. The lowest BCUT2D eigenvalue weighted by atomic mass is 10.2. The summed E-state index contributed by atoms with van der Waals surface area (Å²) in [4.78, 5) is 0.180. The Labute approximate surface area is 120 Å². The van der Waals surface area contributed by atoms with E-state index in [2.05, 4.69) is 20.7 Å². The third-order valence-electron chi connectivity index (χ3n) is 2.57. The third-order valence-corrected chi connectivity index (χ3v) is 4.96. The molecule has 2 rings (SSSR count). The number of benzene rings is 1. The van der Waals surface area contributed by atoms with Gasteiger partial charge in [-0.05, 0) is 39.7 Å². The van der Waals surface area contributed by atoms with E-state index in [0.29, 0.717) is 4.47 Å². The lowest BCUT2D eigenvalue weighted by molar-refractivity contribution is 0.561. The molecular formula is C12H13BrN2O3S. The first kappa shape index (κ1) is 14.3. The fourth-order valence-corrected chi connectivity index (χ4v) is 3.56. The quantitative estimate of drug-likeness (QED) is 0.868. The molecule has 19 heavy (non-hydrogen) atoms. The minimum atomic E-state index is -3.59. The number of hydrogen-bond donors (Lipinski definition) is 2. The van der Waals surface area contributed by atoms with E-state index in [4.69, 9.17) is 10.2 Å². The molecule has 1 heterocycles. The average Bonchev–Trinajstić information content (AvgIpc) is 2.90. The van der Waals surface area contributed by atoms with Crippen molar-refractivity contribution in [3.8, 4) is 0 Å². The second-order valence-corrected chi connectivity index (χ2v) is 6.51. The first-order valence-electron chi connectivity index (χ1n) is 5.52. The van der Waals surface area contributed by atoms with Gasteiger partial charge in [-0.1, -0.05) is 6.07 Å². The summed E-state index contributed by atoms with van der Waals surface area (Å²) in [5, 5.41) is 0. The Morgan fingerprint density at radius 2 is 2.05 bits per heavy atom. The van der Waals surface area contributed by atoms with Crippen molar-refractivity contribution in [1.82, 2.24) is 4.72 Å². The van der Waals surface area contributed by atoms with E-state index in [1.165, 1.54) is 12.5 Å². The van der Waals surface area contributed by atoms with Gasteiger partial charge in [0, 0.05) is 23.1 Å². The van der Waals surface area contributed by atoms with Crippen LogP contribution in [0, 0.1) is 0 Å². The van der Waals surface area contributed by atoms with Gasteiger partial charge in [-0.3, -0.25) is 0 Å². The van der Waals surface area contributed by atoms with Crippen LogP contribution in [-0.2, 0) is 23.1 Å². The molecule has 0 unspecified atom stereocenters. The van der Waals surface area contributed by atoms with Crippen molar-refractivity contribution in [3.05, 3.63) is 52.4 Å². The highest BCUT2D eigenvalue weighted by Gasteiger charge is 2.17. The summed E-state index contributed by atoms with van der Waals surface area (Å²) in [6.07, 6.45) is 2.99. The lowest BCUT2D eigenvalue weighted by Gasteiger charge is -2.09. The summed E-state index contributed by atoms with van der Waals surface area (Å²) in [7, 11) is -3.59. The van der Waals surface area contributed by atoms with Crippen LogP contribution in [0.25, 0.3) is 0 Å². The normalized spacial score (nSPS) is 11.7. The predicted molar refractivity (Wildman–Crippen MR) is 74.8 cm³/mol. The molecule has 0 amide bonds. The average molecular weight is 345 g/mol. The monoisotopic (exact) mass is 344 g/mol. The largest absolute Gasteiger partial charge is 0.472 e. The molecule has 0 aliphatic heterocycles. The van der Waals surface area contributed by atoms with Crippen LogP contribution in [0.4, 0.5) is 0 Å². The van der Waals surface area contributed by atoms with Crippen molar-refractivity contribution in [3.63, 3.8) is 0 Å². The minimum absolute atomic E-state index is 0.179. The van der Waals surface area contributed by atoms with Crippen LogP contribution in [0.5, 0.6) is 0 Å². The Morgan fingerprint density at radius 1 is 1.26 bits per heavy atom. The zero-order valence-corrected chi connectivity index (χ0v) is 12.4. The van der Waals surface area contributed by atoms with E-state index in [0.717, 1.165) is 11.1 Å². The van der Waals surface area contributed by atoms with Gasteiger partial charge in [-0.25, -0.2) is 13.1 Å². The fraction of sp³-hybridized carbons (Fsp3) is 0.167. The van der Waals surface area contributed by atoms with Crippen molar-refractivity contribution in [2.24, 2.45) is 5.73 Å². The molecule has 102 valence electrons. The van der Waals surface area contributed by atoms with Crippen LogP contribution in [0.1, 0.15) is 11.1 Å². The molecular weight excluding hydrogens is 332 g/mol. The van der Waals surface area contributed by atoms with Crippen LogP contribution in [0.2, 0.25) is 0 Å². The van der Waals surface area contributed by atoms with Crippen LogP contribution in [0.15, 0.2) is 50.6 Å². The van der Waals surface area contributed by atoms with Gasteiger partial charge in [0.15, 0.2) is 0 Å². The van der Waals surface area contributed by atoms with Crippen molar-refractivity contribution >= 4 is 26.0 Å². The highest BCUT2D eigenvalue weighted by atomic mass is 79.9. The molecule has 2 aromatic rings. The van der Waals surface area contributed by atoms with E-state index in [-0.39, 0.29) is 18.0 Å². The number of hydrogen-bond acceptors (Lipinski definition) is 4. The summed E-state index contributed by atoms with van der Waals surface area (Å²) in [5.41, 5.74) is 7.04. The highest BCUT2D eigenvalue weighted by molar-refractivity contribution is 9.10. The number of nitrogens with one attached hydrogen (secondary N) is 1. The van der Waals surface area contributed by atoms with E-state index >= 15 is 0 Å². The van der Waals surface area contributed by atoms with Crippen molar-refractivity contribution in [1.29, 1.82) is 0 Å². The molecule has 3 N–H and O–H groups in total. The molecule has 0 aliphatic rings. The molecule has 0 atom stereocenters. The molecule has 0 radical (unpaired) electrons. The molecule has 0 spiro atoms. The van der Waals surface area contributed by atoms with Gasteiger partial charge in [0.2, 0.25) is 10.0 Å². The second kappa shape index (κ2) is 5.87. The first-order chi connectivity index (χ1) is 9.03. The molecule has 0 saturated carbocycles. The van der Waals surface area contributed by atoms with Crippen molar-refractivity contribution in [2.75, 3.05) is 0 Å². The summed E-state index contributed by atoms with van der Waals surface area (Å²) in [6.45, 7) is 0.468. The predicted octanol–water partition coefficient (Wildman–Crippen LogP) is 1.98. The van der Waals surface area contributed by atoms with Crippen LogP contribution in [-0.4, -0.2) is 8.42 Å². The van der Waals surface area contributed by atoms with Crippen LogP contribution in [0.3, 0.4) is 0 Å². The van der Waals surface area contributed by atoms with Crippen LogP contribution >= 0.6 is 15.9 Å². The molecule has 0 saturated heterocycles. The van der Waals surface area contributed by atoms with Gasteiger partial charge in [-0.15, -0.1) is 0 Å². The lowest BCUT2D eigenvalue weighted by Crippen LogP contribution is -2.23. The van der Waals surface area contributed by atoms with Crippen LogP contribution < -0.4 is 10.5 Å². The van der Waals surface area contributed by atoms with Gasteiger partial charge in [0.05, 0.1) is 17.4 Å². The smallest absolute Gasteiger partial charge is 0.242 e. The van der Waals surface area contributed by atoms with Gasteiger partial charge >= 0.3 is 0 Å². The maximum absolute atomic E-state index is 12.2. The maximum Gasteiger partial charge on any atom is 0.242 e. The number of sulfonamides is 1. The van der Waals surface area contributed by atoms with Gasteiger partial charge < -0.3 is 10.2 Å². The summed E-state index contributed by atoms with van der Waals surface area (Å²) in [5.74, 6) is 0. The van der Waals surface area contributed by atoms with E-state index in [9.17, 15) is 8.42 Å². The maximum atomic E-state index is 12.2. The minimum Gasteiger partial charge on any atom is -0.472 e. The SMILES string of the molecule is NCc1ccc(Br)c(S(=O)(=O)NCc2ccoc2)c1. The summed E-state index contributed by atoms with van der Waals surface area (Å²) in [6, 6.07) is 6.71. The van der Waals surface area contributed by atoms with E-state index in [1.807, 2.05) is 0 Å². The first-order valence-corrected chi connectivity index (χ1v) is 7.80. The standard InChI is InChI=1S/C12H13BrN2O3S/c13-11-2-1-9(6-14)5-12(11)19(16,17)15-7-10-3-4-18-8-10/h1-5,8,15H,6-7,14H2. The number of furan rings is 1. The fourth-order valence-electron chi connectivity index (χ4n) is 1.53. The summed E-state index contributed by atoms with van der Waals surface area (Å²) >= 11 is 3.24. The Balaban J connectivity index is 2.23. The number of rotatable bonds is 5. The second-order valence-electron chi connectivity index (χ2n) is 3.93. The van der Waals surface area contributed by atoms with Gasteiger partial charge in [0.1, 0.15) is 0 Å². The number of halogens is 1. The molecule has 5 nitrogen and oxygen atoms in total.